The molecule has 2 heterocycles. The fourth-order valence-corrected chi connectivity index (χ4v) is 3.21. The van der Waals surface area contributed by atoms with Crippen molar-refractivity contribution < 1.29 is 4.42 Å². The molecule has 4 nitrogen and oxygen atoms in total. The number of hydrogen-bond acceptors (Lipinski definition) is 4. The van der Waals surface area contributed by atoms with E-state index in [1.165, 1.54) is 30.4 Å². The van der Waals surface area contributed by atoms with Crippen molar-refractivity contribution >= 4 is 22.1 Å². The largest absolute Gasteiger partial charge is 0.454 e. The molecule has 0 saturated heterocycles. The van der Waals surface area contributed by atoms with E-state index in [4.69, 9.17) is 10.2 Å². The maximum Gasteiger partial charge on any atom is 0.160 e. The standard InChI is InChI=1S/C17H19N3O/c1-9-6-12(10(2)18)16-13(7-9)15-17(21-16)14(8-19-20-15)11-4-3-5-11/h6-8,10-11H,3-5,18H2,1-2H3/t10-/m1/s1. The van der Waals surface area contributed by atoms with Crippen LogP contribution in [0.15, 0.2) is 22.7 Å². The van der Waals surface area contributed by atoms with E-state index in [2.05, 4.69) is 29.3 Å². The van der Waals surface area contributed by atoms with Gasteiger partial charge in [0.25, 0.3) is 0 Å². The summed E-state index contributed by atoms with van der Waals surface area (Å²) in [5, 5.41) is 9.56. The Labute approximate surface area is 123 Å². The van der Waals surface area contributed by atoms with E-state index in [0.717, 1.165) is 27.6 Å². The van der Waals surface area contributed by atoms with Gasteiger partial charge >= 0.3 is 0 Å². The van der Waals surface area contributed by atoms with Crippen molar-refractivity contribution in [1.82, 2.24) is 10.2 Å². The predicted molar refractivity (Wildman–Crippen MR) is 83.2 cm³/mol. The number of hydrogen-bond donors (Lipinski definition) is 1. The highest BCUT2D eigenvalue weighted by Gasteiger charge is 2.25. The van der Waals surface area contributed by atoms with E-state index in [1.54, 1.807) is 0 Å². The van der Waals surface area contributed by atoms with Crippen molar-refractivity contribution in [2.24, 2.45) is 5.73 Å². The molecular weight excluding hydrogens is 262 g/mol. The van der Waals surface area contributed by atoms with E-state index in [1.807, 2.05) is 13.1 Å². The summed E-state index contributed by atoms with van der Waals surface area (Å²) in [5.74, 6) is 0.573. The third-order valence-electron chi connectivity index (χ3n) is 4.59. The van der Waals surface area contributed by atoms with Crippen molar-refractivity contribution in [3.05, 3.63) is 35.0 Å². The van der Waals surface area contributed by atoms with E-state index in [9.17, 15) is 0 Å². The molecular formula is C17H19N3O. The maximum absolute atomic E-state index is 6.21. The topological polar surface area (TPSA) is 64.9 Å². The lowest BCUT2D eigenvalue weighted by molar-refractivity contribution is 0.417. The van der Waals surface area contributed by atoms with E-state index < -0.39 is 0 Å². The van der Waals surface area contributed by atoms with Gasteiger partial charge in [0, 0.05) is 22.6 Å². The number of fused-ring (bicyclic) bond motifs is 3. The zero-order valence-electron chi connectivity index (χ0n) is 12.4. The number of aromatic nitrogens is 2. The van der Waals surface area contributed by atoms with Crippen LogP contribution in [0.2, 0.25) is 0 Å². The average Bonchev–Trinajstić information content (AvgIpc) is 2.75. The van der Waals surface area contributed by atoms with Crippen molar-refractivity contribution in [2.75, 3.05) is 0 Å². The third-order valence-corrected chi connectivity index (χ3v) is 4.59. The molecule has 1 atom stereocenters. The summed E-state index contributed by atoms with van der Waals surface area (Å²) in [6, 6.07) is 4.16. The van der Waals surface area contributed by atoms with Crippen molar-refractivity contribution in [3.8, 4) is 0 Å². The molecule has 1 aliphatic carbocycles. The van der Waals surface area contributed by atoms with Gasteiger partial charge in [0.05, 0.1) is 6.20 Å². The second kappa shape index (κ2) is 4.53. The second-order valence-electron chi connectivity index (χ2n) is 6.23. The van der Waals surface area contributed by atoms with Gasteiger partial charge in [-0.3, -0.25) is 0 Å². The Morgan fingerprint density at radius 1 is 1.29 bits per heavy atom. The molecule has 4 heteroatoms. The average molecular weight is 281 g/mol. The summed E-state index contributed by atoms with van der Waals surface area (Å²) in [6.45, 7) is 4.06. The molecule has 108 valence electrons. The first-order chi connectivity index (χ1) is 10.1. The van der Waals surface area contributed by atoms with Crippen LogP contribution in [0.1, 0.15) is 54.8 Å². The Morgan fingerprint density at radius 3 is 2.76 bits per heavy atom. The SMILES string of the molecule is Cc1cc([C@@H](C)N)c2oc3c(C4CCC4)cnnc3c2c1. The smallest absolute Gasteiger partial charge is 0.160 e. The van der Waals surface area contributed by atoms with Crippen LogP contribution in [-0.4, -0.2) is 10.2 Å². The lowest BCUT2D eigenvalue weighted by atomic mass is 9.80. The minimum atomic E-state index is -0.0620. The summed E-state index contributed by atoms with van der Waals surface area (Å²) in [6.07, 6.45) is 5.60. The molecule has 0 unspecified atom stereocenters. The fraction of sp³-hybridized carbons (Fsp3) is 0.412. The predicted octanol–water partition coefficient (Wildman–Crippen LogP) is 3.97. The Bertz CT molecular complexity index is 831. The first kappa shape index (κ1) is 12.8. The molecule has 1 aliphatic rings. The van der Waals surface area contributed by atoms with Gasteiger partial charge in [-0.2, -0.15) is 5.10 Å². The summed E-state index contributed by atoms with van der Waals surface area (Å²) in [7, 11) is 0. The summed E-state index contributed by atoms with van der Waals surface area (Å²) in [4.78, 5) is 0. The van der Waals surface area contributed by atoms with Crippen LogP contribution in [0.4, 0.5) is 0 Å². The Morgan fingerprint density at radius 2 is 2.10 bits per heavy atom. The van der Waals surface area contributed by atoms with Gasteiger partial charge in [-0.05, 0) is 44.2 Å². The molecule has 1 fully saturated rings. The Balaban J connectivity index is 2.08. The molecule has 0 aliphatic heterocycles. The van der Waals surface area contributed by atoms with Crippen molar-refractivity contribution in [3.63, 3.8) is 0 Å². The number of aryl methyl sites for hydroxylation is 1. The van der Waals surface area contributed by atoms with Gasteiger partial charge in [0.2, 0.25) is 0 Å². The van der Waals surface area contributed by atoms with Crippen LogP contribution in [0.5, 0.6) is 0 Å². The van der Waals surface area contributed by atoms with E-state index in [-0.39, 0.29) is 6.04 Å². The first-order valence-electron chi connectivity index (χ1n) is 7.59. The molecule has 0 radical (unpaired) electrons. The molecule has 0 amide bonds. The molecule has 0 spiro atoms. The quantitative estimate of drug-likeness (QED) is 0.771. The third kappa shape index (κ3) is 1.86. The normalized spacial score (nSPS) is 17.3. The Hall–Kier alpha value is -1.94. The molecule has 0 bridgehead atoms. The number of furan rings is 1. The number of benzene rings is 1. The van der Waals surface area contributed by atoms with Gasteiger partial charge in [-0.25, -0.2) is 0 Å². The number of nitrogens with two attached hydrogens (primary N) is 1. The summed E-state index contributed by atoms with van der Waals surface area (Å²) < 4.78 is 6.21. The van der Waals surface area contributed by atoms with Crippen LogP contribution in [0.3, 0.4) is 0 Å². The monoisotopic (exact) mass is 281 g/mol. The zero-order valence-corrected chi connectivity index (χ0v) is 12.4. The van der Waals surface area contributed by atoms with Gasteiger partial charge in [0.1, 0.15) is 11.1 Å². The van der Waals surface area contributed by atoms with Gasteiger partial charge < -0.3 is 10.2 Å². The minimum Gasteiger partial charge on any atom is -0.454 e. The highest BCUT2D eigenvalue weighted by atomic mass is 16.3. The molecule has 4 rings (SSSR count). The van der Waals surface area contributed by atoms with E-state index in [0.29, 0.717) is 5.92 Å². The van der Waals surface area contributed by atoms with Crippen LogP contribution in [-0.2, 0) is 0 Å². The first-order valence-corrected chi connectivity index (χ1v) is 7.59. The summed E-state index contributed by atoms with van der Waals surface area (Å²) >= 11 is 0. The fourth-order valence-electron chi connectivity index (χ4n) is 3.21. The highest BCUT2D eigenvalue weighted by molar-refractivity contribution is 6.04. The molecule has 2 aromatic heterocycles. The van der Waals surface area contributed by atoms with Gasteiger partial charge in [-0.15, -0.1) is 5.10 Å². The van der Waals surface area contributed by atoms with Gasteiger partial charge in [0.15, 0.2) is 5.58 Å². The lowest BCUT2D eigenvalue weighted by Gasteiger charge is -2.24. The highest BCUT2D eigenvalue weighted by Crippen LogP contribution is 2.42. The summed E-state index contributed by atoms with van der Waals surface area (Å²) in [5.41, 5.74) is 12.2. The molecule has 2 N–H and O–H groups in total. The van der Waals surface area contributed by atoms with Crippen LogP contribution in [0, 0.1) is 6.92 Å². The van der Waals surface area contributed by atoms with Crippen molar-refractivity contribution in [2.45, 2.75) is 45.1 Å². The van der Waals surface area contributed by atoms with Crippen LogP contribution in [0.25, 0.3) is 22.1 Å². The minimum absolute atomic E-state index is 0.0620. The number of rotatable bonds is 2. The van der Waals surface area contributed by atoms with Gasteiger partial charge in [-0.1, -0.05) is 12.5 Å². The lowest BCUT2D eigenvalue weighted by Crippen LogP contribution is -2.09. The second-order valence-corrected chi connectivity index (χ2v) is 6.23. The van der Waals surface area contributed by atoms with Crippen LogP contribution < -0.4 is 5.73 Å². The molecule has 3 aromatic rings. The van der Waals surface area contributed by atoms with Crippen LogP contribution >= 0.6 is 0 Å². The Kier molecular flexibility index (Phi) is 2.76. The molecule has 21 heavy (non-hydrogen) atoms. The van der Waals surface area contributed by atoms with E-state index >= 15 is 0 Å². The van der Waals surface area contributed by atoms with Crippen molar-refractivity contribution in [1.29, 1.82) is 0 Å². The molecule has 1 saturated carbocycles. The maximum atomic E-state index is 6.21. The molecule has 1 aromatic carbocycles. The number of nitrogens with zero attached hydrogens (tertiary/aromatic N) is 2. The zero-order chi connectivity index (χ0) is 14.6.